The summed E-state index contributed by atoms with van der Waals surface area (Å²) in [5.74, 6) is 0.747. The molecule has 24 heavy (non-hydrogen) atoms. The molecule has 1 aliphatic heterocycles. The molecule has 0 radical (unpaired) electrons. The standard InChI is InChI=1S/C16H32N4O3.HI/c1-12(10-23-13-6-9-22-11-13)20-15(17-5)19-8-7-18-14(21)16(2,3)4;/h12-13H,6-11H2,1-5H3,(H,18,21)(H2,17,19,20);1H. The van der Waals surface area contributed by atoms with Crippen LogP contribution in [0.2, 0.25) is 0 Å². The predicted octanol–water partition coefficient (Wildman–Crippen LogP) is 1.13. The van der Waals surface area contributed by atoms with Crippen LogP contribution < -0.4 is 16.0 Å². The van der Waals surface area contributed by atoms with Gasteiger partial charge in [-0.15, -0.1) is 24.0 Å². The Kier molecular flexibility index (Phi) is 11.6. The van der Waals surface area contributed by atoms with E-state index < -0.39 is 0 Å². The van der Waals surface area contributed by atoms with Gasteiger partial charge in [0.2, 0.25) is 5.91 Å². The third-order valence-corrected chi connectivity index (χ3v) is 3.46. The van der Waals surface area contributed by atoms with Crippen LogP contribution in [0.1, 0.15) is 34.1 Å². The van der Waals surface area contributed by atoms with E-state index in [1.165, 1.54) is 0 Å². The van der Waals surface area contributed by atoms with Gasteiger partial charge in [0, 0.05) is 38.2 Å². The molecule has 0 aromatic carbocycles. The van der Waals surface area contributed by atoms with Gasteiger partial charge in [0.15, 0.2) is 5.96 Å². The lowest BCUT2D eigenvalue weighted by molar-refractivity contribution is -0.128. The van der Waals surface area contributed by atoms with Crippen LogP contribution in [0.3, 0.4) is 0 Å². The van der Waals surface area contributed by atoms with Crippen molar-refractivity contribution in [2.24, 2.45) is 10.4 Å². The summed E-state index contributed by atoms with van der Waals surface area (Å²) in [5.41, 5.74) is -0.365. The van der Waals surface area contributed by atoms with E-state index in [1.807, 2.05) is 27.7 Å². The average Bonchev–Trinajstić information content (AvgIpc) is 3.00. The predicted molar refractivity (Wildman–Crippen MR) is 107 cm³/mol. The molecule has 0 bridgehead atoms. The molecule has 1 saturated heterocycles. The van der Waals surface area contributed by atoms with Gasteiger partial charge in [-0.1, -0.05) is 20.8 Å². The van der Waals surface area contributed by atoms with Gasteiger partial charge in [-0.05, 0) is 13.3 Å². The first kappa shape index (κ1) is 23.4. The Labute approximate surface area is 162 Å². The van der Waals surface area contributed by atoms with Gasteiger partial charge in [-0.3, -0.25) is 9.79 Å². The summed E-state index contributed by atoms with van der Waals surface area (Å²) >= 11 is 0. The number of nitrogens with zero attached hydrogens (tertiary/aromatic N) is 1. The number of nitrogens with one attached hydrogen (secondary N) is 3. The molecule has 0 spiro atoms. The lowest BCUT2D eigenvalue weighted by Gasteiger charge is -2.20. The number of hydrogen-bond donors (Lipinski definition) is 3. The molecular weight excluding hydrogens is 423 g/mol. The van der Waals surface area contributed by atoms with Gasteiger partial charge in [0.05, 0.1) is 19.3 Å². The van der Waals surface area contributed by atoms with E-state index in [4.69, 9.17) is 9.47 Å². The summed E-state index contributed by atoms with van der Waals surface area (Å²) in [6.45, 7) is 11.0. The van der Waals surface area contributed by atoms with Crippen LogP contribution in [0.25, 0.3) is 0 Å². The van der Waals surface area contributed by atoms with Gasteiger partial charge in [-0.2, -0.15) is 0 Å². The topological polar surface area (TPSA) is 84.0 Å². The quantitative estimate of drug-likeness (QED) is 0.232. The normalized spacial score (nSPS) is 19.4. The molecule has 0 aliphatic carbocycles. The number of carbonyl (C=O) groups is 1. The highest BCUT2D eigenvalue weighted by molar-refractivity contribution is 14.0. The first-order valence-electron chi connectivity index (χ1n) is 8.27. The molecule has 1 amide bonds. The smallest absolute Gasteiger partial charge is 0.225 e. The third-order valence-electron chi connectivity index (χ3n) is 3.46. The highest BCUT2D eigenvalue weighted by atomic mass is 127. The minimum Gasteiger partial charge on any atom is -0.379 e. The second-order valence-electron chi connectivity index (χ2n) is 6.87. The fourth-order valence-corrected chi connectivity index (χ4v) is 2.02. The molecule has 3 N–H and O–H groups in total. The highest BCUT2D eigenvalue weighted by Crippen LogP contribution is 2.11. The molecular formula is C16H33IN4O3. The molecule has 8 heteroatoms. The molecule has 142 valence electrons. The van der Waals surface area contributed by atoms with Crippen LogP contribution in [0.15, 0.2) is 4.99 Å². The zero-order valence-electron chi connectivity index (χ0n) is 15.5. The minimum atomic E-state index is -0.365. The Morgan fingerprint density at radius 1 is 1.33 bits per heavy atom. The number of carbonyl (C=O) groups excluding carboxylic acids is 1. The number of guanidine groups is 1. The number of aliphatic imine (C=N–C) groups is 1. The van der Waals surface area contributed by atoms with Crippen molar-refractivity contribution in [3.63, 3.8) is 0 Å². The van der Waals surface area contributed by atoms with Crippen LogP contribution in [-0.4, -0.2) is 64.0 Å². The van der Waals surface area contributed by atoms with Crippen LogP contribution in [0.4, 0.5) is 0 Å². The molecule has 2 unspecified atom stereocenters. The number of rotatable bonds is 7. The largest absolute Gasteiger partial charge is 0.379 e. The monoisotopic (exact) mass is 456 g/mol. The number of halogens is 1. The van der Waals surface area contributed by atoms with Gasteiger partial charge in [0.25, 0.3) is 0 Å². The molecule has 2 atom stereocenters. The van der Waals surface area contributed by atoms with E-state index in [1.54, 1.807) is 7.05 Å². The lowest BCUT2D eigenvalue weighted by atomic mass is 9.96. The van der Waals surface area contributed by atoms with E-state index in [0.717, 1.165) is 13.0 Å². The summed E-state index contributed by atoms with van der Waals surface area (Å²) < 4.78 is 11.1. The van der Waals surface area contributed by atoms with Crippen LogP contribution in [-0.2, 0) is 14.3 Å². The fourth-order valence-electron chi connectivity index (χ4n) is 2.02. The molecule has 0 aromatic rings. The molecule has 1 aliphatic rings. The van der Waals surface area contributed by atoms with Crippen molar-refractivity contribution in [1.29, 1.82) is 0 Å². The van der Waals surface area contributed by atoms with Crippen molar-refractivity contribution in [3.05, 3.63) is 0 Å². The summed E-state index contributed by atoms with van der Waals surface area (Å²) in [6, 6.07) is 0.144. The minimum absolute atomic E-state index is 0. The highest BCUT2D eigenvalue weighted by Gasteiger charge is 2.20. The van der Waals surface area contributed by atoms with Gasteiger partial charge in [0.1, 0.15) is 0 Å². The SMILES string of the molecule is CN=C(NCCNC(=O)C(C)(C)C)NC(C)COC1CCOC1.I. The maximum absolute atomic E-state index is 11.8. The van der Waals surface area contributed by atoms with Crippen molar-refractivity contribution in [3.8, 4) is 0 Å². The molecule has 0 aromatic heterocycles. The van der Waals surface area contributed by atoms with Crippen molar-refractivity contribution in [1.82, 2.24) is 16.0 Å². The van der Waals surface area contributed by atoms with Crippen molar-refractivity contribution in [2.75, 3.05) is 40.0 Å². The Bertz CT molecular complexity index is 393. The van der Waals surface area contributed by atoms with E-state index in [0.29, 0.717) is 32.3 Å². The molecule has 1 fully saturated rings. The van der Waals surface area contributed by atoms with Crippen molar-refractivity contribution >= 4 is 35.8 Å². The summed E-state index contributed by atoms with van der Waals surface area (Å²) in [5, 5.41) is 9.34. The van der Waals surface area contributed by atoms with E-state index in [2.05, 4.69) is 20.9 Å². The second-order valence-corrected chi connectivity index (χ2v) is 6.87. The fraction of sp³-hybridized carbons (Fsp3) is 0.875. The first-order valence-corrected chi connectivity index (χ1v) is 8.27. The van der Waals surface area contributed by atoms with Gasteiger partial charge < -0.3 is 25.4 Å². The lowest BCUT2D eigenvalue weighted by Crippen LogP contribution is -2.47. The Balaban J connectivity index is 0.00000529. The number of ether oxygens (including phenoxy) is 2. The van der Waals surface area contributed by atoms with E-state index >= 15 is 0 Å². The molecule has 1 rings (SSSR count). The Hall–Kier alpha value is -0.610. The average molecular weight is 456 g/mol. The van der Waals surface area contributed by atoms with Crippen molar-refractivity contribution in [2.45, 2.75) is 46.3 Å². The zero-order chi connectivity index (χ0) is 17.3. The maximum atomic E-state index is 11.8. The number of hydrogen-bond acceptors (Lipinski definition) is 4. The van der Waals surface area contributed by atoms with Crippen LogP contribution in [0.5, 0.6) is 0 Å². The zero-order valence-corrected chi connectivity index (χ0v) is 17.8. The summed E-state index contributed by atoms with van der Waals surface area (Å²) in [6.07, 6.45) is 1.18. The second kappa shape index (κ2) is 11.9. The summed E-state index contributed by atoms with van der Waals surface area (Å²) in [7, 11) is 1.72. The van der Waals surface area contributed by atoms with Gasteiger partial charge in [-0.25, -0.2) is 0 Å². The maximum Gasteiger partial charge on any atom is 0.225 e. The van der Waals surface area contributed by atoms with Crippen LogP contribution >= 0.6 is 24.0 Å². The van der Waals surface area contributed by atoms with Gasteiger partial charge >= 0.3 is 0 Å². The van der Waals surface area contributed by atoms with E-state index in [9.17, 15) is 4.79 Å². The molecule has 0 saturated carbocycles. The van der Waals surface area contributed by atoms with Crippen LogP contribution in [0, 0.1) is 5.41 Å². The Morgan fingerprint density at radius 3 is 2.54 bits per heavy atom. The summed E-state index contributed by atoms with van der Waals surface area (Å²) in [4.78, 5) is 15.9. The third kappa shape index (κ3) is 9.63. The molecule has 7 nitrogen and oxygen atoms in total. The van der Waals surface area contributed by atoms with Crippen molar-refractivity contribution < 1.29 is 14.3 Å². The molecule has 1 heterocycles. The number of amides is 1. The first-order chi connectivity index (χ1) is 10.8. The Morgan fingerprint density at radius 2 is 2.00 bits per heavy atom. The van der Waals surface area contributed by atoms with E-state index in [-0.39, 0.29) is 47.4 Å².